The summed E-state index contributed by atoms with van der Waals surface area (Å²) in [5.41, 5.74) is 5.93. The van der Waals surface area contributed by atoms with Crippen molar-refractivity contribution < 1.29 is 4.79 Å². The van der Waals surface area contributed by atoms with Gasteiger partial charge in [0.05, 0.1) is 5.75 Å². The Morgan fingerprint density at radius 3 is 2.17 bits per heavy atom. The number of aryl methyl sites for hydroxylation is 1. The van der Waals surface area contributed by atoms with Gasteiger partial charge in [-0.2, -0.15) is 0 Å². The first-order valence-electron chi connectivity index (χ1n) is 11.3. The second-order valence-corrected chi connectivity index (χ2v) is 9.03. The smallest absolute Gasteiger partial charge is 0.234 e. The van der Waals surface area contributed by atoms with Crippen LogP contribution in [0.4, 0.5) is 5.69 Å². The van der Waals surface area contributed by atoms with Crippen molar-refractivity contribution in [1.29, 1.82) is 0 Å². The SMILES string of the molecule is Cc1ccc(-c2nnc(SCC(=O)Nc3ccccc3-c3ccccc3)n2-c2ccccc2)cc1. The van der Waals surface area contributed by atoms with Crippen molar-refractivity contribution in [2.24, 2.45) is 0 Å². The molecule has 5 rings (SSSR count). The van der Waals surface area contributed by atoms with Crippen molar-refractivity contribution in [2.45, 2.75) is 12.1 Å². The minimum Gasteiger partial charge on any atom is -0.325 e. The van der Waals surface area contributed by atoms with Crippen molar-refractivity contribution in [2.75, 3.05) is 11.1 Å². The molecule has 0 radical (unpaired) electrons. The number of para-hydroxylation sites is 2. The number of nitrogens with one attached hydrogen (secondary N) is 1. The molecule has 1 aromatic heterocycles. The Bertz CT molecular complexity index is 1430. The van der Waals surface area contributed by atoms with Gasteiger partial charge in [-0.15, -0.1) is 10.2 Å². The van der Waals surface area contributed by atoms with E-state index in [4.69, 9.17) is 0 Å². The first-order chi connectivity index (χ1) is 17.2. The zero-order chi connectivity index (χ0) is 24.0. The number of rotatable bonds is 7. The van der Waals surface area contributed by atoms with Crippen LogP contribution >= 0.6 is 11.8 Å². The number of hydrogen-bond acceptors (Lipinski definition) is 4. The highest BCUT2D eigenvalue weighted by Gasteiger charge is 2.17. The molecule has 1 N–H and O–H groups in total. The zero-order valence-corrected chi connectivity index (χ0v) is 20.1. The normalized spacial score (nSPS) is 10.8. The molecule has 0 unspecified atom stereocenters. The number of hydrogen-bond donors (Lipinski definition) is 1. The summed E-state index contributed by atoms with van der Waals surface area (Å²) in [5.74, 6) is 0.855. The predicted octanol–water partition coefficient (Wildman–Crippen LogP) is 6.64. The van der Waals surface area contributed by atoms with Gasteiger partial charge in [0.1, 0.15) is 0 Å². The van der Waals surface area contributed by atoms with Crippen LogP contribution in [0.2, 0.25) is 0 Å². The van der Waals surface area contributed by atoms with Crippen molar-refractivity contribution in [1.82, 2.24) is 14.8 Å². The Hall–Kier alpha value is -4.16. The Balaban J connectivity index is 1.38. The second kappa shape index (κ2) is 10.4. The summed E-state index contributed by atoms with van der Waals surface area (Å²) in [5, 5.41) is 12.6. The topological polar surface area (TPSA) is 59.8 Å². The van der Waals surface area contributed by atoms with Crippen molar-refractivity contribution in [3.05, 3.63) is 115 Å². The Morgan fingerprint density at radius 1 is 0.771 bits per heavy atom. The lowest BCUT2D eigenvalue weighted by molar-refractivity contribution is -0.113. The van der Waals surface area contributed by atoms with Crippen LogP contribution in [0.15, 0.2) is 114 Å². The van der Waals surface area contributed by atoms with E-state index in [2.05, 4.69) is 34.6 Å². The van der Waals surface area contributed by atoms with E-state index in [0.717, 1.165) is 33.9 Å². The molecular formula is C29H24N4OS. The predicted molar refractivity (Wildman–Crippen MR) is 143 cm³/mol. The Labute approximate surface area is 208 Å². The molecule has 0 aliphatic rings. The molecule has 0 aliphatic carbocycles. The minimum atomic E-state index is -0.0992. The molecule has 0 bridgehead atoms. The zero-order valence-electron chi connectivity index (χ0n) is 19.3. The van der Waals surface area contributed by atoms with Crippen molar-refractivity contribution >= 4 is 23.4 Å². The molecule has 0 spiro atoms. The van der Waals surface area contributed by atoms with Crippen LogP contribution in [0.25, 0.3) is 28.2 Å². The Morgan fingerprint density at radius 2 is 1.43 bits per heavy atom. The van der Waals surface area contributed by atoms with Crippen LogP contribution in [0.5, 0.6) is 0 Å². The molecule has 1 heterocycles. The summed E-state index contributed by atoms with van der Waals surface area (Å²) in [7, 11) is 0. The van der Waals surface area contributed by atoms with Gasteiger partial charge in [-0.3, -0.25) is 9.36 Å². The number of carbonyl (C=O) groups is 1. The van der Waals surface area contributed by atoms with Gasteiger partial charge in [-0.25, -0.2) is 0 Å². The third-order valence-electron chi connectivity index (χ3n) is 5.58. The molecule has 0 atom stereocenters. The summed E-state index contributed by atoms with van der Waals surface area (Å²) < 4.78 is 2.00. The van der Waals surface area contributed by atoms with Gasteiger partial charge in [0.2, 0.25) is 5.91 Å². The van der Waals surface area contributed by atoms with Crippen molar-refractivity contribution in [3.8, 4) is 28.2 Å². The van der Waals surface area contributed by atoms with Crippen LogP contribution in [-0.2, 0) is 4.79 Å². The van der Waals surface area contributed by atoms with Gasteiger partial charge >= 0.3 is 0 Å². The maximum atomic E-state index is 12.9. The van der Waals surface area contributed by atoms with Gasteiger partial charge < -0.3 is 5.32 Å². The fourth-order valence-electron chi connectivity index (χ4n) is 3.84. The van der Waals surface area contributed by atoms with Crippen molar-refractivity contribution in [3.63, 3.8) is 0 Å². The lowest BCUT2D eigenvalue weighted by atomic mass is 10.0. The lowest BCUT2D eigenvalue weighted by Gasteiger charge is -2.12. The first kappa shape index (κ1) is 22.6. The van der Waals surface area contributed by atoms with Crippen LogP contribution in [0.3, 0.4) is 0 Å². The van der Waals surface area contributed by atoms with Gasteiger partial charge in [0, 0.05) is 22.5 Å². The number of carbonyl (C=O) groups excluding carboxylic acids is 1. The fourth-order valence-corrected chi connectivity index (χ4v) is 4.59. The highest BCUT2D eigenvalue weighted by atomic mass is 32.2. The van der Waals surface area contributed by atoms with E-state index in [0.29, 0.717) is 5.16 Å². The molecule has 6 heteroatoms. The van der Waals surface area contributed by atoms with Crippen LogP contribution in [0, 0.1) is 6.92 Å². The molecule has 5 aromatic rings. The summed E-state index contributed by atoms with van der Waals surface area (Å²) in [6, 6.07) is 36.0. The largest absolute Gasteiger partial charge is 0.325 e. The van der Waals surface area contributed by atoms with E-state index < -0.39 is 0 Å². The fraction of sp³-hybridized carbons (Fsp3) is 0.0690. The lowest BCUT2D eigenvalue weighted by Crippen LogP contribution is -2.15. The molecule has 1 amide bonds. The van der Waals surface area contributed by atoms with Crippen LogP contribution in [0.1, 0.15) is 5.56 Å². The van der Waals surface area contributed by atoms with Gasteiger partial charge in [0.25, 0.3) is 0 Å². The average Bonchev–Trinajstić information content (AvgIpc) is 3.33. The first-order valence-corrected chi connectivity index (χ1v) is 12.3. The summed E-state index contributed by atoms with van der Waals surface area (Å²) >= 11 is 1.37. The summed E-state index contributed by atoms with van der Waals surface area (Å²) in [6.07, 6.45) is 0. The monoisotopic (exact) mass is 476 g/mol. The van der Waals surface area contributed by atoms with E-state index >= 15 is 0 Å². The van der Waals surface area contributed by atoms with Gasteiger partial charge in [-0.05, 0) is 30.7 Å². The number of aromatic nitrogens is 3. The average molecular weight is 477 g/mol. The summed E-state index contributed by atoms with van der Waals surface area (Å²) in [4.78, 5) is 12.9. The maximum Gasteiger partial charge on any atom is 0.234 e. The van der Waals surface area contributed by atoms with E-state index in [1.165, 1.54) is 17.3 Å². The molecule has 5 nitrogen and oxygen atoms in total. The second-order valence-electron chi connectivity index (χ2n) is 8.09. The highest BCUT2D eigenvalue weighted by Crippen LogP contribution is 2.30. The molecule has 0 aliphatic heterocycles. The number of thioether (sulfide) groups is 1. The molecule has 0 saturated heterocycles. The Kier molecular flexibility index (Phi) is 6.73. The van der Waals surface area contributed by atoms with Gasteiger partial charge in [-0.1, -0.05) is 108 Å². The molecule has 172 valence electrons. The molecule has 4 aromatic carbocycles. The summed E-state index contributed by atoms with van der Waals surface area (Å²) in [6.45, 7) is 2.06. The number of benzene rings is 4. The van der Waals surface area contributed by atoms with E-state index in [-0.39, 0.29) is 11.7 Å². The molecule has 0 fully saturated rings. The van der Waals surface area contributed by atoms with E-state index in [9.17, 15) is 4.79 Å². The van der Waals surface area contributed by atoms with E-state index in [1.807, 2.05) is 102 Å². The molecular weight excluding hydrogens is 452 g/mol. The third-order valence-corrected chi connectivity index (χ3v) is 6.50. The van der Waals surface area contributed by atoms with Crippen LogP contribution in [-0.4, -0.2) is 26.4 Å². The maximum absolute atomic E-state index is 12.9. The number of anilines is 1. The van der Waals surface area contributed by atoms with E-state index in [1.54, 1.807) is 0 Å². The molecule has 35 heavy (non-hydrogen) atoms. The standard InChI is InChI=1S/C29H24N4OS/c1-21-16-18-23(19-17-21)28-31-32-29(33(28)24-12-6-3-7-13-24)35-20-27(34)30-26-15-9-8-14-25(26)22-10-4-2-5-11-22/h2-19H,20H2,1H3,(H,30,34). The minimum absolute atomic E-state index is 0.0992. The highest BCUT2D eigenvalue weighted by molar-refractivity contribution is 7.99. The third kappa shape index (κ3) is 5.18. The number of nitrogens with zero attached hydrogens (tertiary/aromatic N) is 3. The molecule has 0 saturated carbocycles. The van der Waals surface area contributed by atoms with Crippen LogP contribution < -0.4 is 5.32 Å². The quantitative estimate of drug-likeness (QED) is 0.268. The number of amides is 1. The van der Waals surface area contributed by atoms with Gasteiger partial charge in [0.15, 0.2) is 11.0 Å².